The summed E-state index contributed by atoms with van der Waals surface area (Å²) in [6.45, 7) is 2.59. The Labute approximate surface area is 111 Å². The first-order valence-corrected chi connectivity index (χ1v) is 6.18. The van der Waals surface area contributed by atoms with Crippen LogP contribution < -0.4 is 5.32 Å². The molecule has 18 heavy (non-hydrogen) atoms. The van der Waals surface area contributed by atoms with Crippen molar-refractivity contribution in [2.45, 2.75) is 24.4 Å². The van der Waals surface area contributed by atoms with Crippen LogP contribution in [-0.2, 0) is 6.54 Å². The fourth-order valence-corrected chi connectivity index (χ4v) is 1.96. The fraction of sp³-hybridized carbons (Fsp3) is 0.231. The van der Waals surface area contributed by atoms with Gasteiger partial charge in [0.15, 0.2) is 0 Å². The normalized spacial score (nSPS) is 12.1. The van der Waals surface area contributed by atoms with Crippen LogP contribution in [0.5, 0.6) is 0 Å². The number of carbonyl (C=O) groups is 1. The maximum absolute atomic E-state index is 12.0. The summed E-state index contributed by atoms with van der Waals surface area (Å²) in [4.78, 5) is 12.7. The van der Waals surface area contributed by atoms with E-state index in [1.54, 1.807) is 23.0 Å². The highest BCUT2D eigenvalue weighted by atomic mass is 32.1. The van der Waals surface area contributed by atoms with Gasteiger partial charge < -0.3 is 5.32 Å². The number of benzene rings is 1. The van der Waals surface area contributed by atoms with E-state index in [0.717, 1.165) is 0 Å². The summed E-state index contributed by atoms with van der Waals surface area (Å²) in [6, 6.07) is 9.11. The molecule has 0 saturated carbocycles. The molecule has 1 heterocycles. The van der Waals surface area contributed by atoms with Crippen LogP contribution in [0.1, 0.15) is 17.3 Å². The van der Waals surface area contributed by atoms with E-state index in [4.69, 9.17) is 0 Å². The van der Waals surface area contributed by atoms with Crippen LogP contribution in [-0.4, -0.2) is 21.7 Å². The van der Waals surface area contributed by atoms with Crippen molar-refractivity contribution in [1.29, 1.82) is 0 Å². The van der Waals surface area contributed by atoms with Gasteiger partial charge in [0.05, 0.1) is 12.1 Å². The molecule has 0 fully saturated rings. The number of rotatable bonds is 4. The van der Waals surface area contributed by atoms with Gasteiger partial charge in [-0.15, -0.1) is 12.6 Å². The zero-order valence-corrected chi connectivity index (χ0v) is 11.0. The predicted octanol–water partition coefficient (Wildman–Crippen LogP) is 1.99. The van der Waals surface area contributed by atoms with Crippen LogP contribution in [0.25, 0.3) is 0 Å². The van der Waals surface area contributed by atoms with Gasteiger partial charge in [-0.05, 0) is 25.1 Å². The summed E-state index contributed by atoms with van der Waals surface area (Å²) in [5, 5.41) is 7.03. The average Bonchev–Trinajstić information content (AvgIpc) is 2.82. The maximum Gasteiger partial charge on any atom is 0.252 e. The largest absolute Gasteiger partial charge is 0.348 e. The fourth-order valence-electron chi connectivity index (χ4n) is 1.70. The molecule has 1 amide bonds. The van der Waals surface area contributed by atoms with E-state index in [1.807, 2.05) is 31.3 Å². The van der Waals surface area contributed by atoms with Gasteiger partial charge >= 0.3 is 0 Å². The van der Waals surface area contributed by atoms with Crippen LogP contribution >= 0.6 is 12.6 Å². The van der Waals surface area contributed by atoms with E-state index in [0.29, 0.717) is 17.0 Å². The number of nitrogens with zero attached hydrogens (tertiary/aromatic N) is 2. The summed E-state index contributed by atoms with van der Waals surface area (Å²) < 4.78 is 1.79. The number of thiol groups is 1. The summed E-state index contributed by atoms with van der Waals surface area (Å²) in [7, 11) is 0. The minimum atomic E-state index is -0.111. The van der Waals surface area contributed by atoms with E-state index in [-0.39, 0.29) is 11.9 Å². The molecule has 94 valence electrons. The Balaban J connectivity index is 1.97. The van der Waals surface area contributed by atoms with Crippen molar-refractivity contribution in [2.24, 2.45) is 0 Å². The van der Waals surface area contributed by atoms with Crippen molar-refractivity contribution >= 4 is 18.5 Å². The van der Waals surface area contributed by atoms with E-state index < -0.39 is 0 Å². The van der Waals surface area contributed by atoms with E-state index in [2.05, 4.69) is 23.0 Å². The Hall–Kier alpha value is -1.75. The Morgan fingerprint density at radius 2 is 2.22 bits per heavy atom. The highest BCUT2D eigenvalue weighted by Crippen LogP contribution is 2.12. The van der Waals surface area contributed by atoms with E-state index >= 15 is 0 Å². The molecule has 1 unspecified atom stereocenters. The molecule has 0 radical (unpaired) electrons. The van der Waals surface area contributed by atoms with E-state index in [1.165, 1.54) is 0 Å². The summed E-state index contributed by atoms with van der Waals surface area (Å²) in [6.07, 6.45) is 3.59. The van der Waals surface area contributed by atoms with Crippen molar-refractivity contribution in [3.8, 4) is 0 Å². The minimum Gasteiger partial charge on any atom is -0.348 e. The molecule has 1 atom stereocenters. The molecule has 4 nitrogen and oxygen atoms in total. The average molecular weight is 261 g/mol. The second-order valence-electron chi connectivity index (χ2n) is 4.12. The Morgan fingerprint density at radius 3 is 2.89 bits per heavy atom. The first-order chi connectivity index (χ1) is 8.66. The quantitative estimate of drug-likeness (QED) is 0.827. The topological polar surface area (TPSA) is 46.9 Å². The molecule has 1 aromatic heterocycles. The third-order valence-electron chi connectivity index (χ3n) is 2.55. The summed E-state index contributed by atoms with van der Waals surface area (Å²) >= 11 is 4.27. The van der Waals surface area contributed by atoms with Gasteiger partial charge in [-0.3, -0.25) is 9.48 Å². The van der Waals surface area contributed by atoms with Crippen LogP contribution in [0, 0.1) is 0 Å². The Kier molecular flexibility index (Phi) is 4.04. The molecule has 1 N–H and O–H groups in total. The highest BCUT2D eigenvalue weighted by Gasteiger charge is 2.12. The zero-order chi connectivity index (χ0) is 13.0. The standard InChI is InChI=1S/C13H15N3OS/c1-10(9-16-8-4-7-14-16)15-13(17)11-5-2-3-6-12(11)18/h2-8,10,18H,9H2,1H3,(H,15,17). The molecule has 0 spiro atoms. The minimum absolute atomic E-state index is 0.00494. The monoisotopic (exact) mass is 261 g/mol. The lowest BCUT2D eigenvalue weighted by atomic mass is 10.2. The molecule has 2 aromatic rings. The second-order valence-corrected chi connectivity index (χ2v) is 4.60. The lowest BCUT2D eigenvalue weighted by Crippen LogP contribution is -2.36. The number of amides is 1. The smallest absolute Gasteiger partial charge is 0.252 e. The van der Waals surface area contributed by atoms with Gasteiger partial charge in [0, 0.05) is 23.3 Å². The lowest BCUT2D eigenvalue weighted by Gasteiger charge is -2.14. The first kappa shape index (κ1) is 12.7. The van der Waals surface area contributed by atoms with Crippen molar-refractivity contribution in [3.63, 3.8) is 0 Å². The molecule has 5 heteroatoms. The van der Waals surface area contributed by atoms with Gasteiger partial charge in [-0.25, -0.2) is 0 Å². The summed E-state index contributed by atoms with van der Waals surface area (Å²) in [5.41, 5.74) is 0.591. The number of carbonyl (C=O) groups excluding carboxylic acids is 1. The van der Waals surface area contributed by atoms with Crippen molar-refractivity contribution in [2.75, 3.05) is 0 Å². The lowest BCUT2D eigenvalue weighted by molar-refractivity contribution is 0.0933. The summed E-state index contributed by atoms with van der Waals surface area (Å²) in [5.74, 6) is -0.111. The van der Waals surface area contributed by atoms with Gasteiger partial charge in [-0.2, -0.15) is 5.10 Å². The Morgan fingerprint density at radius 1 is 1.44 bits per heavy atom. The molecular formula is C13H15N3OS. The molecular weight excluding hydrogens is 246 g/mol. The zero-order valence-electron chi connectivity index (χ0n) is 10.1. The molecule has 0 saturated heterocycles. The molecule has 0 aliphatic rings. The molecule has 1 aromatic carbocycles. The van der Waals surface area contributed by atoms with Crippen molar-refractivity contribution in [3.05, 3.63) is 48.3 Å². The van der Waals surface area contributed by atoms with Crippen molar-refractivity contribution < 1.29 is 4.79 Å². The van der Waals surface area contributed by atoms with Crippen LogP contribution in [0.2, 0.25) is 0 Å². The van der Waals surface area contributed by atoms with E-state index in [9.17, 15) is 4.79 Å². The van der Waals surface area contributed by atoms with Crippen molar-refractivity contribution in [1.82, 2.24) is 15.1 Å². The second kappa shape index (κ2) is 5.73. The predicted molar refractivity (Wildman–Crippen MR) is 72.8 cm³/mol. The third-order valence-corrected chi connectivity index (χ3v) is 2.94. The van der Waals surface area contributed by atoms with Gasteiger partial charge in [-0.1, -0.05) is 12.1 Å². The Bertz CT molecular complexity index is 525. The van der Waals surface area contributed by atoms with Crippen LogP contribution in [0.4, 0.5) is 0 Å². The van der Waals surface area contributed by atoms with Gasteiger partial charge in [0.1, 0.15) is 0 Å². The first-order valence-electron chi connectivity index (χ1n) is 5.73. The number of hydrogen-bond donors (Lipinski definition) is 2. The molecule has 0 aliphatic carbocycles. The maximum atomic E-state index is 12.0. The molecule has 2 rings (SSSR count). The number of aromatic nitrogens is 2. The molecule has 0 bridgehead atoms. The molecule has 0 aliphatic heterocycles. The number of nitrogens with one attached hydrogen (secondary N) is 1. The third kappa shape index (κ3) is 3.13. The van der Waals surface area contributed by atoms with Gasteiger partial charge in [0.25, 0.3) is 5.91 Å². The number of hydrogen-bond acceptors (Lipinski definition) is 3. The van der Waals surface area contributed by atoms with Crippen LogP contribution in [0.3, 0.4) is 0 Å². The van der Waals surface area contributed by atoms with Crippen LogP contribution in [0.15, 0.2) is 47.6 Å². The van der Waals surface area contributed by atoms with Gasteiger partial charge in [0.2, 0.25) is 0 Å². The SMILES string of the molecule is CC(Cn1cccn1)NC(=O)c1ccccc1S. The highest BCUT2D eigenvalue weighted by molar-refractivity contribution is 7.80.